The minimum atomic E-state index is 0.444. The Balaban J connectivity index is 2.13. The van der Waals surface area contributed by atoms with Gasteiger partial charge in [0, 0.05) is 24.4 Å². The van der Waals surface area contributed by atoms with Gasteiger partial charge in [-0.15, -0.1) is 11.6 Å². The summed E-state index contributed by atoms with van der Waals surface area (Å²) in [6, 6.07) is 7.89. The maximum atomic E-state index is 5.68. The molecule has 2 aromatic rings. The van der Waals surface area contributed by atoms with Gasteiger partial charge in [0.2, 0.25) is 0 Å². The molecule has 17 heavy (non-hydrogen) atoms. The molecule has 1 heterocycles. The fraction of sp³-hybridized carbons (Fsp3) is 0.231. The van der Waals surface area contributed by atoms with Crippen molar-refractivity contribution in [3.8, 4) is 5.75 Å². The Kier molecular flexibility index (Phi) is 3.94. The average molecular weight is 249 g/mol. The number of hydrogen-bond acceptors (Lipinski definition) is 3. The van der Waals surface area contributed by atoms with E-state index in [4.69, 9.17) is 16.3 Å². The van der Waals surface area contributed by atoms with Gasteiger partial charge in [-0.2, -0.15) is 0 Å². The zero-order valence-corrected chi connectivity index (χ0v) is 10.3. The van der Waals surface area contributed by atoms with Crippen LogP contribution in [0.2, 0.25) is 0 Å². The van der Waals surface area contributed by atoms with E-state index < -0.39 is 0 Å². The third kappa shape index (κ3) is 3.17. The van der Waals surface area contributed by atoms with Crippen molar-refractivity contribution in [3.05, 3.63) is 53.6 Å². The van der Waals surface area contributed by atoms with E-state index in [0.29, 0.717) is 12.3 Å². The van der Waals surface area contributed by atoms with Gasteiger partial charge in [0.15, 0.2) is 0 Å². The fourth-order valence-electron chi connectivity index (χ4n) is 1.51. The molecule has 0 bridgehead atoms. The van der Waals surface area contributed by atoms with Gasteiger partial charge < -0.3 is 4.74 Å². The molecule has 2 rings (SSSR count). The van der Waals surface area contributed by atoms with E-state index in [1.165, 1.54) is 0 Å². The number of methoxy groups -OCH3 is 1. The summed E-state index contributed by atoms with van der Waals surface area (Å²) < 4.78 is 5.17. The van der Waals surface area contributed by atoms with Crippen molar-refractivity contribution in [3.63, 3.8) is 0 Å². The topological polar surface area (TPSA) is 35.0 Å². The number of ether oxygens (including phenoxy) is 1. The third-order valence-corrected chi connectivity index (χ3v) is 2.72. The molecule has 0 atom stereocenters. The Bertz CT molecular complexity index is 485. The van der Waals surface area contributed by atoms with E-state index in [-0.39, 0.29) is 0 Å². The highest BCUT2D eigenvalue weighted by Crippen LogP contribution is 2.14. The van der Waals surface area contributed by atoms with Crippen molar-refractivity contribution in [2.24, 2.45) is 0 Å². The lowest BCUT2D eigenvalue weighted by Crippen LogP contribution is -1.97. The van der Waals surface area contributed by atoms with Gasteiger partial charge in [0.1, 0.15) is 11.6 Å². The molecule has 0 N–H and O–H groups in total. The van der Waals surface area contributed by atoms with Crippen LogP contribution in [-0.4, -0.2) is 17.1 Å². The molecule has 0 fully saturated rings. The second kappa shape index (κ2) is 5.64. The number of hydrogen-bond donors (Lipinski definition) is 0. The minimum absolute atomic E-state index is 0.444. The first-order chi connectivity index (χ1) is 8.31. The summed E-state index contributed by atoms with van der Waals surface area (Å²) in [5.41, 5.74) is 2.06. The van der Waals surface area contributed by atoms with Gasteiger partial charge in [0.25, 0.3) is 0 Å². The summed E-state index contributed by atoms with van der Waals surface area (Å²) in [7, 11) is 1.66. The highest BCUT2D eigenvalue weighted by Gasteiger charge is 2.01. The van der Waals surface area contributed by atoms with Crippen LogP contribution in [0.1, 0.15) is 17.0 Å². The summed E-state index contributed by atoms with van der Waals surface area (Å²) in [5, 5.41) is 0. The SMILES string of the molecule is COc1cccc(Cc2ncc(CCl)cn2)c1. The van der Waals surface area contributed by atoms with E-state index in [1.54, 1.807) is 19.5 Å². The highest BCUT2D eigenvalue weighted by molar-refractivity contribution is 6.17. The number of aromatic nitrogens is 2. The van der Waals surface area contributed by atoms with E-state index in [2.05, 4.69) is 9.97 Å². The van der Waals surface area contributed by atoms with E-state index in [9.17, 15) is 0 Å². The molecule has 0 saturated carbocycles. The van der Waals surface area contributed by atoms with Gasteiger partial charge in [-0.05, 0) is 17.7 Å². The second-order valence-corrected chi connectivity index (χ2v) is 3.94. The predicted octanol–water partition coefficient (Wildman–Crippen LogP) is 2.81. The van der Waals surface area contributed by atoms with Crippen molar-refractivity contribution in [2.45, 2.75) is 12.3 Å². The van der Waals surface area contributed by atoms with Gasteiger partial charge in [-0.25, -0.2) is 9.97 Å². The zero-order valence-electron chi connectivity index (χ0n) is 9.56. The predicted molar refractivity (Wildman–Crippen MR) is 67.4 cm³/mol. The Morgan fingerprint density at radius 1 is 1.18 bits per heavy atom. The van der Waals surface area contributed by atoms with Gasteiger partial charge >= 0.3 is 0 Å². The largest absolute Gasteiger partial charge is 0.497 e. The quantitative estimate of drug-likeness (QED) is 0.781. The average Bonchev–Trinajstić information content (AvgIpc) is 2.40. The lowest BCUT2D eigenvalue weighted by atomic mass is 10.1. The van der Waals surface area contributed by atoms with E-state index >= 15 is 0 Å². The Morgan fingerprint density at radius 2 is 1.94 bits per heavy atom. The minimum Gasteiger partial charge on any atom is -0.497 e. The van der Waals surface area contributed by atoms with E-state index in [1.807, 2.05) is 24.3 Å². The summed E-state index contributed by atoms with van der Waals surface area (Å²) in [6.07, 6.45) is 4.21. The van der Waals surface area contributed by atoms with Crippen molar-refractivity contribution < 1.29 is 4.74 Å². The fourth-order valence-corrected chi connectivity index (χ4v) is 1.64. The number of halogens is 1. The van der Waals surface area contributed by atoms with Crippen molar-refractivity contribution >= 4 is 11.6 Å². The number of rotatable bonds is 4. The van der Waals surface area contributed by atoms with Gasteiger partial charge in [-0.1, -0.05) is 12.1 Å². The normalized spacial score (nSPS) is 10.2. The van der Waals surface area contributed by atoms with Crippen molar-refractivity contribution in [1.82, 2.24) is 9.97 Å². The Labute approximate surface area is 105 Å². The molecule has 0 radical (unpaired) electrons. The maximum absolute atomic E-state index is 5.68. The summed E-state index contributed by atoms with van der Waals surface area (Å²) >= 11 is 5.68. The first kappa shape index (κ1) is 11.9. The smallest absolute Gasteiger partial charge is 0.132 e. The van der Waals surface area contributed by atoms with Crippen LogP contribution in [-0.2, 0) is 12.3 Å². The lowest BCUT2D eigenvalue weighted by Gasteiger charge is -2.04. The molecule has 0 saturated heterocycles. The van der Waals surface area contributed by atoms with Crippen LogP contribution >= 0.6 is 11.6 Å². The Hall–Kier alpha value is -1.61. The third-order valence-electron chi connectivity index (χ3n) is 2.41. The maximum Gasteiger partial charge on any atom is 0.132 e. The molecule has 4 heteroatoms. The van der Waals surface area contributed by atoms with Gasteiger partial charge in [0.05, 0.1) is 13.0 Å². The molecular weight excluding hydrogens is 236 g/mol. The number of benzene rings is 1. The molecule has 3 nitrogen and oxygen atoms in total. The molecule has 0 amide bonds. The summed E-state index contributed by atoms with van der Waals surface area (Å²) in [5.74, 6) is 2.08. The number of nitrogens with zero attached hydrogens (tertiary/aromatic N) is 2. The molecule has 0 spiro atoms. The first-order valence-corrected chi connectivity index (χ1v) is 5.84. The lowest BCUT2D eigenvalue weighted by molar-refractivity contribution is 0.414. The van der Waals surface area contributed by atoms with Crippen molar-refractivity contribution in [2.75, 3.05) is 7.11 Å². The van der Waals surface area contributed by atoms with Crippen LogP contribution in [0.3, 0.4) is 0 Å². The summed E-state index contributed by atoms with van der Waals surface area (Å²) in [6.45, 7) is 0. The molecule has 1 aromatic heterocycles. The van der Waals surface area contributed by atoms with Crippen LogP contribution in [0, 0.1) is 0 Å². The van der Waals surface area contributed by atoms with Crippen molar-refractivity contribution in [1.29, 1.82) is 0 Å². The van der Waals surface area contributed by atoms with Crippen LogP contribution in [0.15, 0.2) is 36.7 Å². The Morgan fingerprint density at radius 3 is 2.59 bits per heavy atom. The summed E-state index contributed by atoms with van der Waals surface area (Å²) in [4.78, 5) is 8.53. The molecule has 0 aliphatic heterocycles. The molecule has 88 valence electrons. The van der Waals surface area contributed by atoms with E-state index in [0.717, 1.165) is 22.7 Å². The molecule has 0 unspecified atom stereocenters. The molecule has 0 aliphatic rings. The highest BCUT2D eigenvalue weighted by atomic mass is 35.5. The van der Waals surface area contributed by atoms with Crippen LogP contribution in [0.4, 0.5) is 0 Å². The molecule has 1 aromatic carbocycles. The van der Waals surface area contributed by atoms with Gasteiger partial charge in [-0.3, -0.25) is 0 Å². The van der Waals surface area contributed by atoms with Crippen LogP contribution in [0.5, 0.6) is 5.75 Å². The standard InChI is InChI=1S/C13H13ClN2O/c1-17-12-4-2-3-10(5-12)6-13-15-8-11(7-14)9-16-13/h2-5,8-9H,6-7H2,1H3. The second-order valence-electron chi connectivity index (χ2n) is 3.67. The number of alkyl halides is 1. The van der Waals surface area contributed by atoms with Crippen LogP contribution < -0.4 is 4.74 Å². The monoisotopic (exact) mass is 248 g/mol. The molecule has 0 aliphatic carbocycles. The van der Waals surface area contributed by atoms with Crippen LogP contribution in [0.25, 0.3) is 0 Å². The first-order valence-electron chi connectivity index (χ1n) is 5.30. The molecular formula is C13H13ClN2O. The zero-order chi connectivity index (χ0) is 12.1.